The molecule has 2 N–H and O–H groups in total. The average Bonchev–Trinajstić information content (AvgIpc) is 3.30. The van der Waals surface area contributed by atoms with Gasteiger partial charge in [-0.3, -0.25) is 19.9 Å². The Bertz CT molecular complexity index is 2420. The van der Waals surface area contributed by atoms with Gasteiger partial charge < -0.3 is 19.7 Å². The zero-order valence-electron chi connectivity index (χ0n) is 37.5. The van der Waals surface area contributed by atoms with E-state index < -0.39 is 42.8 Å². The molecule has 2 heterocycles. The van der Waals surface area contributed by atoms with Gasteiger partial charge in [0.1, 0.15) is 34.2 Å². The van der Waals surface area contributed by atoms with Crippen LogP contribution in [0.25, 0.3) is 0 Å². The second kappa shape index (κ2) is 22.3. The van der Waals surface area contributed by atoms with Gasteiger partial charge in [-0.1, -0.05) is 83.9 Å². The minimum Gasteiger partial charge on any atom is -0.497 e. The Kier molecular flexibility index (Phi) is 17.2. The maximum Gasteiger partial charge on any atom is 0.220 e. The molecule has 4 atom stereocenters. The van der Waals surface area contributed by atoms with Crippen LogP contribution in [0.2, 0.25) is 0 Å². The summed E-state index contributed by atoms with van der Waals surface area (Å²) in [5.74, 6) is 1.40. The molecule has 340 valence electrons. The van der Waals surface area contributed by atoms with Crippen LogP contribution in [-0.2, 0) is 46.2 Å². The Morgan fingerprint density at radius 2 is 0.750 bits per heavy atom. The maximum atomic E-state index is 13.6. The molecule has 0 radical (unpaired) electrons. The van der Waals surface area contributed by atoms with Crippen LogP contribution in [0.4, 0.5) is 0 Å². The molecule has 0 bridgehead atoms. The van der Waals surface area contributed by atoms with E-state index in [4.69, 9.17) is 9.47 Å². The van der Waals surface area contributed by atoms with Crippen molar-refractivity contribution in [2.24, 2.45) is 0 Å². The van der Waals surface area contributed by atoms with Gasteiger partial charge in [-0.2, -0.15) is 8.61 Å². The SMILES string of the molecule is COc1ccc(CN(Cc2ccc(C)cc2)S(=O)(=O)[C@@H](C)[C@H](O)c2cnc(C)cn2)cc1.COc1ccc(CN(Cc2ccc(C)cc2)S(=O)(=O)[C@H](C)[C@@H](O)c2cnc(C)cn2)cc1. The van der Waals surface area contributed by atoms with Crippen LogP contribution in [0.1, 0.15) is 82.2 Å². The van der Waals surface area contributed by atoms with Crippen molar-refractivity contribution in [3.8, 4) is 11.5 Å². The Labute approximate surface area is 377 Å². The van der Waals surface area contributed by atoms with Gasteiger partial charge in [0.2, 0.25) is 20.0 Å². The minimum absolute atomic E-state index is 0.164. The van der Waals surface area contributed by atoms with Gasteiger partial charge in [0.25, 0.3) is 0 Å². The van der Waals surface area contributed by atoms with E-state index in [1.807, 2.05) is 86.6 Å². The van der Waals surface area contributed by atoms with Crippen LogP contribution in [0, 0.1) is 27.7 Å². The number of nitrogens with zero attached hydrogens (tertiary/aromatic N) is 6. The molecule has 4 aromatic carbocycles. The third-order valence-electron chi connectivity index (χ3n) is 10.8. The van der Waals surface area contributed by atoms with E-state index >= 15 is 0 Å². The normalized spacial score (nSPS) is 13.7. The van der Waals surface area contributed by atoms with Crippen molar-refractivity contribution >= 4 is 20.0 Å². The lowest BCUT2D eigenvalue weighted by Gasteiger charge is -2.28. The summed E-state index contributed by atoms with van der Waals surface area (Å²) in [5.41, 5.74) is 7.40. The molecule has 0 aliphatic carbocycles. The number of ether oxygens (including phenoxy) is 2. The van der Waals surface area contributed by atoms with Gasteiger partial charge in [-0.15, -0.1) is 0 Å². The zero-order valence-corrected chi connectivity index (χ0v) is 39.2. The third kappa shape index (κ3) is 13.2. The van der Waals surface area contributed by atoms with Crippen molar-refractivity contribution in [1.29, 1.82) is 0 Å². The summed E-state index contributed by atoms with van der Waals surface area (Å²) in [7, 11) is -4.63. The van der Waals surface area contributed by atoms with Gasteiger partial charge in [-0.05, 0) is 88.1 Å². The minimum atomic E-state index is -3.90. The standard InChI is InChI=1S/2C24H29N3O4S/c2*1-17-5-7-20(8-6-17)15-27(16-21-9-11-22(31-4)12-10-21)32(29,30)19(3)24(28)23-14-25-18(2)13-26-23/h2*5-14,19,24,28H,15-16H2,1-4H3/t2*19-,24-/m10/s1. The van der Waals surface area contributed by atoms with Crippen LogP contribution < -0.4 is 9.47 Å². The molecule has 6 aromatic rings. The highest BCUT2D eigenvalue weighted by atomic mass is 32.2. The molecule has 6 rings (SSSR count). The van der Waals surface area contributed by atoms with E-state index in [9.17, 15) is 27.0 Å². The first-order valence-electron chi connectivity index (χ1n) is 20.7. The van der Waals surface area contributed by atoms with Crippen molar-refractivity contribution < 1.29 is 36.5 Å². The Hall–Kier alpha value is -5.62. The fourth-order valence-corrected chi connectivity index (χ4v) is 9.71. The first kappa shape index (κ1) is 49.4. The molecule has 64 heavy (non-hydrogen) atoms. The summed E-state index contributed by atoms with van der Waals surface area (Å²) in [4.78, 5) is 16.6. The number of hydrogen-bond donors (Lipinski definition) is 2. The summed E-state index contributed by atoms with van der Waals surface area (Å²) < 4.78 is 67.6. The number of hydrogen-bond acceptors (Lipinski definition) is 12. The predicted molar refractivity (Wildman–Crippen MR) is 247 cm³/mol. The number of aryl methyl sites for hydroxylation is 4. The summed E-state index contributed by atoms with van der Waals surface area (Å²) >= 11 is 0. The molecule has 0 amide bonds. The highest BCUT2D eigenvalue weighted by Crippen LogP contribution is 2.28. The monoisotopic (exact) mass is 910 g/mol. The summed E-state index contributed by atoms with van der Waals surface area (Å²) in [5, 5.41) is 19.3. The van der Waals surface area contributed by atoms with Crippen molar-refractivity contribution in [2.45, 2.75) is 90.4 Å². The molecule has 0 unspecified atom stereocenters. The van der Waals surface area contributed by atoms with E-state index in [1.54, 1.807) is 52.3 Å². The van der Waals surface area contributed by atoms with Crippen LogP contribution in [0.3, 0.4) is 0 Å². The maximum absolute atomic E-state index is 13.6. The first-order valence-corrected chi connectivity index (χ1v) is 23.7. The van der Waals surface area contributed by atoms with Crippen molar-refractivity contribution in [3.63, 3.8) is 0 Å². The number of aliphatic hydroxyl groups excluding tert-OH is 2. The van der Waals surface area contributed by atoms with Crippen LogP contribution >= 0.6 is 0 Å². The zero-order chi connectivity index (χ0) is 46.6. The topological polar surface area (TPSA) is 185 Å². The summed E-state index contributed by atoms with van der Waals surface area (Å²) in [6, 6.07) is 30.0. The van der Waals surface area contributed by atoms with E-state index in [1.165, 1.54) is 47.2 Å². The number of sulfonamides is 2. The predicted octanol–water partition coefficient (Wildman–Crippen LogP) is 7.11. The number of rotatable bonds is 18. The average molecular weight is 911 g/mol. The molecule has 0 aliphatic rings. The van der Waals surface area contributed by atoms with E-state index in [0.717, 1.165) is 33.4 Å². The van der Waals surface area contributed by atoms with E-state index in [0.29, 0.717) is 22.9 Å². The Morgan fingerprint density at radius 1 is 0.469 bits per heavy atom. The van der Waals surface area contributed by atoms with Crippen LogP contribution in [0.5, 0.6) is 11.5 Å². The quantitative estimate of drug-likeness (QED) is 0.0892. The Morgan fingerprint density at radius 3 is 1.00 bits per heavy atom. The third-order valence-corrected chi connectivity index (χ3v) is 15.1. The fraction of sp³-hybridized carbons (Fsp3) is 0.333. The van der Waals surface area contributed by atoms with Gasteiger partial charge in [0.15, 0.2) is 0 Å². The summed E-state index contributed by atoms with van der Waals surface area (Å²) in [6.07, 6.45) is 3.26. The highest BCUT2D eigenvalue weighted by Gasteiger charge is 2.37. The fourth-order valence-electron chi connectivity index (χ4n) is 6.52. The molecular weight excluding hydrogens is 853 g/mol. The van der Waals surface area contributed by atoms with Gasteiger partial charge in [0, 0.05) is 38.6 Å². The van der Waals surface area contributed by atoms with Crippen LogP contribution in [0.15, 0.2) is 122 Å². The summed E-state index contributed by atoms with van der Waals surface area (Å²) in [6.45, 7) is 11.2. The number of benzene rings is 4. The molecule has 16 heteroatoms. The van der Waals surface area contributed by atoms with Crippen molar-refractivity contribution in [3.05, 3.63) is 178 Å². The molecule has 2 aromatic heterocycles. The number of aliphatic hydroxyl groups is 2. The lowest BCUT2D eigenvalue weighted by molar-refractivity contribution is 0.167. The molecule has 0 saturated carbocycles. The van der Waals surface area contributed by atoms with Crippen molar-refractivity contribution in [1.82, 2.24) is 28.5 Å². The second-order valence-corrected chi connectivity index (χ2v) is 20.3. The van der Waals surface area contributed by atoms with Gasteiger partial charge >= 0.3 is 0 Å². The van der Waals surface area contributed by atoms with Crippen molar-refractivity contribution in [2.75, 3.05) is 14.2 Å². The first-order chi connectivity index (χ1) is 30.4. The van der Waals surface area contributed by atoms with E-state index in [-0.39, 0.29) is 37.6 Å². The molecule has 0 saturated heterocycles. The smallest absolute Gasteiger partial charge is 0.220 e. The molecule has 0 spiro atoms. The highest BCUT2D eigenvalue weighted by molar-refractivity contribution is 7.90. The lowest BCUT2D eigenvalue weighted by atomic mass is 10.1. The second-order valence-electron chi connectivity index (χ2n) is 15.8. The Balaban J connectivity index is 0.000000241. The molecule has 0 aliphatic heterocycles. The molecule has 14 nitrogen and oxygen atoms in total. The largest absolute Gasteiger partial charge is 0.497 e. The van der Waals surface area contributed by atoms with Gasteiger partial charge in [0.05, 0.1) is 49.4 Å². The molecular formula is C48H58N6O8S2. The van der Waals surface area contributed by atoms with Crippen LogP contribution in [-0.4, -0.2) is 80.3 Å². The van der Waals surface area contributed by atoms with E-state index in [2.05, 4.69) is 19.9 Å². The lowest BCUT2D eigenvalue weighted by Crippen LogP contribution is -2.39. The number of aromatic nitrogens is 4. The number of methoxy groups -OCH3 is 2. The van der Waals surface area contributed by atoms with Gasteiger partial charge in [-0.25, -0.2) is 16.8 Å². The molecule has 0 fully saturated rings.